The Morgan fingerprint density at radius 2 is 2.29 bits per heavy atom. The third-order valence-corrected chi connectivity index (χ3v) is 3.62. The maximum Gasteiger partial charge on any atom is 0.0479 e. The van der Waals surface area contributed by atoms with Gasteiger partial charge in [-0.3, -0.25) is 4.90 Å². The summed E-state index contributed by atoms with van der Waals surface area (Å²) in [5.74, 6) is 0. The van der Waals surface area contributed by atoms with E-state index in [1.165, 1.54) is 41.7 Å². The van der Waals surface area contributed by atoms with Crippen LogP contribution in [0, 0.1) is 0 Å². The van der Waals surface area contributed by atoms with Gasteiger partial charge >= 0.3 is 0 Å². The lowest BCUT2D eigenvalue weighted by atomic mass is 10.0. The van der Waals surface area contributed by atoms with Crippen molar-refractivity contribution < 1.29 is 0 Å². The summed E-state index contributed by atoms with van der Waals surface area (Å²) in [5, 5.41) is 1.35. The summed E-state index contributed by atoms with van der Waals surface area (Å²) >= 11 is 0. The van der Waals surface area contributed by atoms with Gasteiger partial charge in [0.1, 0.15) is 0 Å². The molecule has 2 aromatic rings. The van der Waals surface area contributed by atoms with E-state index in [0.29, 0.717) is 0 Å². The van der Waals surface area contributed by atoms with E-state index >= 15 is 0 Å². The predicted octanol–water partition coefficient (Wildman–Crippen LogP) is 2.52. The topological polar surface area (TPSA) is 45.0 Å². The van der Waals surface area contributed by atoms with Gasteiger partial charge in [0.15, 0.2) is 0 Å². The van der Waals surface area contributed by atoms with Crippen LogP contribution in [-0.4, -0.2) is 23.0 Å². The van der Waals surface area contributed by atoms with Crippen LogP contribution in [0.4, 0.5) is 5.69 Å². The van der Waals surface area contributed by atoms with Gasteiger partial charge in [0.05, 0.1) is 0 Å². The molecule has 3 nitrogen and oxygen atoms in total. The van der Waals surface area contributed by atoms with Gasteiger partial charge in [-0.05, 0) is 37.1 Å². The van der Waals surface area contributed by atoms with Gasteiger partial charge in [-0.25, -0.2) is 0 Å². The van der Waals surface area contributed by atoms with Crippen LogP contribution in [-0.2, 0) is 13.0 Å². The summed E-state index contributed by atoms with van der Waals surface area (Å²) in [5.41, 5.74) is 10.7. The summed E-state index contributed by atoms with van der Waals surface area (Å²) in [7, 11) is 0. The molecule has 3 rings (SSSR count). The highest BCUT2D eigenvalue weighted by Gasteiger charge is 2.19. The summed E-state index contributed by atoms with van der Waals surface area (Å²) < 4.78 is 0. The highest BCUT2D eigenvalue weighted by Crippen LogP contribution is 2.28. The van der Waals surface area contributed by atoms with Gasteiger partial charge in [0, 0.05) is 35.4 Å². The normalized spacial score (nSPS) is 16.3. The number of H-pyrrole nitrogens is 1. The minimum absolute atomic E-state index is 0.835. The zero-order valence-electron chi connectivity index (χ0n) is 10.3. The molecule has 1 aliphatic heterocycles. The molecule has 0 radical (unpaired) electrons. The lowest BCUT2D eigenvalue weighted by molar-refractivity contribution is 0.252. The van der Waals surface area contributed by atoms with Crippen LogP contribution in [0.2, 0.25) is 0 Å². The number of benzene rings is 1. The Kier molecular flexibility index (Phi) is 2.56. The Hall–Kier alpha value is -1.48. The quantitative estimate of drug-likeness (QED) is 0.777. The first-order chi connectivity index (χ1) is 8.28. The van der Waals surface area contributed by atoms with E-state index in [4.69, 9.17) is 5.73 Å². The number of aromatic nitrogens is 1. The van der Waals surface area contributed by atoms with Crippen LogP contribution in [0.25, 0.3) is 10.9 Å². The summed E-state index contributed by atoms with van der Waals surface area (Å²) in [6.07, 6.45) is 2.38. The largest absolute Gasteiger partial charge is 0.399 e. The Labute approximate surface area is 102 Å². The molecule has 0 saturated carbocycles. The molecule has 0 atom stereocenters. The van der Waals surface area contributed by atoms with Gasteiger partial charge in [-0.15, -0.1) is 0 Å². The molecular formula is C14H19N3. The first kappa shape index (κ1) is 10.7. The third kappa shape index (κ3) is 1.80. The van der Waals surface area contributed by atoms with Gasteiger partial charge < -0.3 is 10.7 Å². The van der Waals surface area contributed by atoms with Gasteiger partial charge in [0.25, 0.3) is 0 Å². The number of nitrogens with one attached hydrogen (secondary N) is 1. The lowest BCUT2D eigenvalue weighted by Gasteiger charge is -2.26. The van der Waals surface area contributed by atoms with Gasteiger partial charge in [-0.2, -0.15) is 0 Å². The molecule has 2 heterocycles. The van der Waals surface area contributed by atoms with E-state index in [2.05, 4.69) is 22.9 Å². The van der Waals surface area contributed by atoms with Gasteiger partial charge in [0.2, 0.25) is 0 Å². The average Bonchev–Trinajstić information content (AvgIpc) is 2.65. The van der Waals surface area contributed by atoms with E-state index in [1.54, 1.807) is 0 Å². The van der Waals surface area contributed by atoms with E-state index in [1.807, 2.05) is 12.1 Å². The van der Waals surface area contributed by atoms with Crippen molar-refractivity contribution in [3.05, 3.63) is 29.5 Å². The molecule has 3 N–H and O–H groups in total. The average molecular weight is 229 g/mol. The number of fused-ring (bicyclic) bond motifs is 3. The molecule has 1 aliphatic rings. The van der Waals surface area contributed by atoms with Crippen molar-refractivity contribution in [1.82, 2.24) is 9.88 Å². The number of aromatic amines is 1. The van der Waals surface area contributed by atoms with Crippen LogP contribution < -0.4 is 5.73 Å². The molecule has 0 bridgehead atoms. The number of hydrogen-bond acceptors (Lipinski definition) is 2. The molecule has 90 valence electrons. The molecule has 1 aromatic heterocycles. The Morgan fingerprint density at radius 3 is 3.12 bits per heavy atom. The maximum atomic E-state index is 5.83. The highest BCUT2D eigenvalue weighted by atomic mass is 15.1. The van der Waals surface area contributed by atoms with Crippen molar-refractivity contribution in [2.75, 3.05) is 18.8 Å². The highest BCUT2D eigenvalue weighted by molar-refractivity contribution is 5.87. The summed E-state index contributed by atoms with van der Waals surface area (Å²) in [6, 6.07) is 6.18. The molecule has 1 aromatic carbocycles. The van der Waals surface area contributed by atoms with Crippen molar-refractivity contribution in [3.63, 3.8) is 0 Å². The number of nitrogens with zero attached hydrogens (tertiary/aromatic N) is 1. The van der Waals surface area contributed by atoms with E-state index in [9.17, 15) is 0 Å². The lowest BCUT2D eigenvalue weighted by Crippen LogP contribution is -2.30. The fourth-order valence-corrected chi connectivity index (χ4v) is 2.83. The maximum absolute atomic E-state index is 5.83. The number of hydrogen-bond donors (Lipinski definition) is 2. The Morgan fingerprint density at radius 1 is 1.41 bits per heavy atom. The smallest absolute Gasteiger partial charge is 0.0479 e. The first-order valence-corrected chi connectivity index (χ1v) is 6.39. The molecular weight excluding hydrogens is 210 g/mol. The van der Waals surface area contributed by atoms with Crippen molar-refractivity contribution in [2.24, 2.45) is 0 Å². The van der Waals surface area contributed by atoms with Crippen LogP contribution in [0.5, 0.6) is 0 Å². The van der Waals surface area contributed by atoms with Crippen molar-refractivity contribution in [1.29, 1.82) is 0 Å². The minimum Gasteiger partial charge on any atom is -0.399 e. The molecule has 0 aliphatic carbocycles. The summed E-state index contributed by atoms with van der Waals surface area (Å²) in [6.45, 7) is 5.66. The van der Waals surface area contributed by atoms with Crippen LogP contribution in [0.15, 0.2) is 18.2 Å². The molecule has 0 fully saturated rings. The number of nitrogens with two attached hydrogens (primary N) is 1. The second-order valence-electron chi connectivity index (χ2n) is 4.91. The predicted molar refractivity (Wildman–Crippen MR) is 72.0 cm³/mol. The third-order valence-electron chi connectivity index (χ3n) is 3.62. The van der Waals surface area contributed by atoms with Crippen molar-refractivity contribution >= 4 is 16.6 Å². The second kappa shape index (κ2) is 4.08. The zero-order valence-corrected chi connectivity index (χ0v) is 10.3. The molecule has 3 heteroatoms. The molecule has 0 amide bonds. The molecule has 17 heavy (non-hydrogen) atoms. The van der Waals surface area contributed by atoms with Crippen molar-refractivity contribution in [2.45, 2.75) is 26.3 Å². The molecule has 0 unspecified atom stereocenters. The fourth-order valence-electron chi connectivity index (χ4n) is 2.83. The minimum atomic E-state index is 0.835. The molecule has 0 spiro atoms. The van der Waals surface area contributed by atoms with Crippen molar-refractivity contribution in [3.8, 4) is 0 Å². The standard InChI is InChI=1S/C14H19N3/c1-2-6-17-7-5-12-11-4-3-10(15)8-13(11)16-14(12)9-17/h3-4,8,16H,2,5-7,9,15H2,1H3. The van der Waals surface area contributed by atoms with Crippen LogP contribution in [0.1, 0.15) is 24.6 Å². The van der Waals surface area contributed by atoms with E-state index in [-0.39, 0.29) is 0 Å². The van der Waals surface area contributed by atoms with Crippen LogP contribution >= 0.6 is 0 Å². The molecule has 0 saturated heterocycles. The number of rotatable bonds is 2. The zero-order chi connectivity index (χ0) is 11.8. The second-order valence-corrected chi connectivity index (χ2v) is 4.91. The number of nitrogen functional groups attached to an aromatic ring is 1. The first-order valence-electron chi connectivity index (χ1n) is 6.39. The van der Waals surface area contributed by atoms with Gasteiger partial charge in [-0.1, -0.05) is 13.0 Å². The summed E-state index contributed by atoms with van der Waals surface area (Å²) in [4.78, 5) is 6.04. The monoisotopic (exact) mass is 229 g/mol. The Balaban J connectivity index is 2.01. The fraction of sp³-hybridized carbons (Fsp3) is 0.429. The Bertz CT molecular complexity index is 542. The SMILES string of the molecule is CCCN1CCc2c([nH]c3cc(N)ccc23)C1. The van der Waals surface area contributed by atoms with E-state index < -0.39 is 0 Å². The van der Waals surface area contributed by atoms with Crippen LogP contribution in [0.3, 0.4) is 0 Å². The number of anilines is 1. The van der Waals surface area contributed by atoms with E-state index in [0.717, 1.165) is 18.7 Å².